The van der Waals surface area contributed by atoms with Crippen LogP contribution in [0.3, 0.4) is 0 Å². The van der Waals surface area contributed by atoms with Gasteiger partial charge in [-0.05, 0) is 100 Å². The minimum atomic E-state index is -2.05. The summed E-state index contributed by atoms with van der Waals surface area (Å²) in [5.41, 5.74) is 1.32. The van der Waals surface area contributed by atoms with Crippen molar-refractivity contribution in [1.29, 1.82) is 0 Å². The highest BCUT2D eigenvalue weighted by Gasteiger charge is 2.47. The molecule has 7 heteroatoms. The number of benzene rings is 1. The number of ether oxygens (including phenoxy) is 1. The van der Waals surface area contributed by atoms with Gasteiger partial charge in [0.1, 0.15) is 0 Å². The molecule has 0 aromatic heterocycles. The monoisotopic (exact) mass is 658 g/mol. The van der Waals surface area contributed by atoms with Gasteiger partial charge < -0.3 is 18.7 Å². The molecule has 1 aliphatic carbocycles. The fourth-order valence-electron chi connectivity index (χ4n) is 5.38. The number of aliphatic hydroxyl groups excluding tert-OH is 1. The van der Waals surface area contributed by atoms with E-state index in [0.717, 1.165) is 32.1 Å². The molecule has 0 bridgehead atoms. The Balaban J connectivity index is 2.29. The Morgan fingerprint density at radius 3 is 2.18 bits per heavy atom. The zero-order valence-electron chi connectivity index (χ0n) is 30.7. The molecule has 0 amide bonds. The van der Waals surface area contributed by atoms with Gasteiger partial charge in [-0.1, -0.05) is 96.2 Å². The number of hydrogen-bond acceptors (Lipinski definition) is 5. The molecule has 0 heterocycles. The number of allylic oxidation sites excluding steroid dienone is 2. The quantitative estimate of drug-likeness (QED) is 0.0829. The normalized spacial score (nSPS) is 22.5. The SMILES string of the molecule is CC(C)OC(=O)CCCC=CC[C@@H]1[C@@H](C=C[C@H](CCc2ccccc2)O[Si](C)(C)C(C)(C)C)[C@H](O[Si](C)(C)C(C)(C)C)C[C@@H]1O. The van der Waals surface area contributed by atoms with Crippen LogP contribution in [0.25, 0.3) is 0 Å². The summed E-state index contributed by atoms with van der Waals surface area (Å²) in [4.78, 5) is 11.9. The second-order valence-corrected chi connectivity index (χ2v) is 25.9. The third kappa shape index (κ3) is 12.9. The lowest BCUT2D eigenvalue weighted by atomic mass is 9.89. The highest BCUT2D eigenvalue weighted by molar-refractivity contribution is 6.74. The number of unbranched alkanes of at least 4 members (excludes halogenated alkanes) is 1. The average Bonchev–Trinajstić information content (AvgIpc) is 3.19. The van der Waals surface area contributed by atoms with Crippen molar-refractivity contribution in [2.75, 3.05) is 0 Å². The van der Waals surface area contributed by atoms with Gasteiger partial charge in [0.05, 0.1) is 24.4 Å². The van der Waals surface area contributed by atoms with E-state index in [1.54, 1.807) is 0 Å². The van der Waals surface area contributed by atoms with Crippen molar-refractivity contribution in [3.8, 4) is 0 Å². The lowest BCUT2D eigenvalue weighted by Gasteiger charge is -2.40. The molecule has 1 saturated carbocycles. The Kier molecular flexibility index (Phi) is 15.0. The van der Waals surface area contributed by atoms with Crippen LogP contribution in [0.1, 0.15) is 99.5 Å². The summed E-state index contributed by atoms with van der Waals surface area (Å²) in [5.74, 6) is 0.0324. The maximum Gasteiger partial charge on any atom is 0.306 e. The number of aliphatic hydroxyl groups is 1. The minimum Gasteiger partial charge on any atom is -0.463 e. The van der Waals surface area contributed by atoms with Gasteiger partial charge in [0.2, 0.25) is 0 Å². The van der Waals surface area contributed by atoms with Crippen LogP contribution in [-0.2, 0) is 24.8 Å². The summed E-state index contributed by atoms with van der Waals surface area (Å²) >= 11 is 0. The molecule has 1 aromatic rings. The van der Waals surface area contributed by atoms with Crippen molar-refractivity contribution in [1.82, 2.24) is 0 Å². The van der Waals surface area contributed by atoms with Gasteiger partial charge in [0, 0.05) is 12.3 Å². The van der Waals surface area contributed by atoms with Crippen LogP contribution in [0.5, 0.6) is 0 Å². The Labute approximate surface area is 278 Å². The second-order valence-electron chi connectivity index (χ2n) is 16.4. The van der Waals surface area contributed by atoms with E-state index in [-0.39, 0.29) is 46.2 Å². The van der Waals surface area contributed by atoms with E-state index in [4.69, 9.17) is 13.6 Å². The van der Waals surface area contributed by atoms with Crippen LogP contribution in [0.4, 0.5) is 0 Å². The van der Waals surface area contributed by atoms with E-state index in [1.807, 2.05) is 13.8 Å². The number of carbonyl (C=O) groups excluding carboxylic acids is 1. The Morgan fingerprint density at radius 1 is 0.978 bits per heavy atom. The first-order chi connectivity index (χ1) is 20.7. The topological polar surface area (TPSA) is 65.0 Å². The van der Waals surface area contributed by atoms with E-state index in [9.17, 15) is 9.90 Å². The Morgan fingerprint density at radius 2 is 1.60 bits per heavy atom. The Hall–Kier alpha value is -1.52. The van der Waals surface area contributed by atoms with Crippen LogP contribution in [-0.4, -0.2) is 52.1 Å². The predicted octanol–water partition coefficient (Wildman–Crippen LogP) is 10.0. The Bertz CT molecular complexity index is 1080. The van der Waals surface area contributed by atoms with Crippen LogP contribution in [0.2, 0.25) is 36.3 Å². The summed E-state index contributed by atoms with van der Waals surface area (Å²) in [5, 5.41) is 11.6. The van der Waals surface area contributed by atoms with Gasteiger partial charge in [-0.2, -0.15) is 0 Å². The molecule has 45 heavy (non-hydrogen) atoms. The van der Waals surface area contributed by atoms with Crippen LogP contribution in [0.15, 0.2) is 54.6 Å². The van der Waals surface area contributed by atoms with E-state index >= 15 is 0 Å². The third-order valence-corrected chi connectivity index (χ3v) is 19.2. The highest BCUT2D eigenvalue weighted by atomic mass is 28.4. The molecule has 1 aromatic carbocycles. The van der Waals surface area contributed by atoms with Gasteiger partial charge in [-0.15, -0.1) is 0 Å². The summed E-state index contributed by atoms with van der Waals surface area (Å²) in [6.45, 7) is 26.7. The first-order valence-electron chi connectivity index (χ1n) is 17.3. The number of carbonyl (C=O) groups is 1. The van der Waals surface area contributed by atoms with Crippen molar-refractivity contribution in [3.63, 3.8) is 0 Å². The van der Waals surface area contributed by atoms with Crippen LogP contribution < -0.4 is 0 Å². The van der Waals surface area contributed by atoms with Crippen LogP contribution >= 0.6 is 0 Å². The summed E-state index contributed by atoms with van der Waals surface area (Å²) in [6.07, 6.45) is 13.8. The molecular formula is C38H66O5Si2. The average molecular weight is 659 g/mol. The second kappa shape index (κ2) is 17.0. The van der Waals surface area contributed by atoms with E-state index < -0.39 is 22.7 Å². The first kappa shape index (κ1) is 39.7. The maximum absolute atomic E-state index is 11.9. The third-order valence-electron chi connectivity index (χ3n) is 10.2. The van der Waals surface area contributed by atoms with Gasteiger partial charge >= 0.3 is 5.97 Å². The molecule has 5 atom stereocenters. The molecule has 0 radical (unpaired) electrons. The fourth-order valence-corrected chi connectivity index (χ4v) is 8.05. The molecule has 0 unspecified atom stereocenters. The summed E-state index contributed by atoms with van der Waals surface area (Å²) in [6, 6.07) is 10.7. The predicted molar refractivity (Wildman–Crippen MR) is 194 cm³/mol. The zero-order valence-corrected chi connectivity index (χ0v) is 32.7. The number of aryl methyl sites for hydroxylation is 1. The van der Waals surface area contributed by atoms with Crippen molar-refractivity contribution in [2.24, 2.45) is 11.8 Å². The van der Waals surface area contributed by atoms with E-state index in [0.29, 0.717) is 12.8 Å². The van der Waals surface area contributed by atoms with Crippen molar-refractivity contribution in [2.45, 2.75) is 161 Å². The molecule has 0 saturated heterocycles. The van der Waals surface area contributed by atoms with Crippen molar-refractivity contribution in [3.05, 3.63) is 60.2 Å². The van der Waals surface area contributed by atoms with E-state index in [1.165, 1.54) is 5.56 Å². The maximum atomic E-state index is 11.9. The summed E-state index contributed by atoms with van der Waals surface area (Å²) < 4.78 is 19.3. The zero-order chi connectivity index (χ0) is 34.1. The lowest BCUT2D eigenvalue weighted by Crippen LogP contribution is -2.45. The van der Waals surface area contributed by atoms with Gasteiger partial charge in [-0.3, -0.25) is 4.79 Å². The molecule has 0 spiro atoms. The first-order valence-corrected chi connectivity index (χ1v) is 23.2. The fraction of sp³-hybridized carbons (Fsp3) is 0.711. The number of rotatable bonds is 16. The lowest BCUT2D eigenvalue weighted by molar-refractivity contribution is -0.147. The highest BCUT2D eigenvalue weighted by Crippen LogP contribution is 2.44. The number of hydrogen-bond donors (Lipinski definition) is 1. The van der Waals surface area contributed by atoms with Gasteiger partial charge in [-0.25, -0.2) is 0 Å². The molecule has 5 nitrogen and oxygen atoms in total. The van der Waals surface area contributed by atoms with Crippen molar-refractivity contribution >= 4 is 22.6 Å². The smallest absolute Gasteiger partial charge is 0.306 e. The van der Waals surface area contributed by atoms with E-state index in [2.05, 4.69) is 122 Å². The molecule has 1 N–H and O–H groups in total. The number of esters is 1. The van der Waals surface area contributed by atoms with Gasteiger partial charge in [0.25, 0.3) is 0 Å². The van der Waals surface area contributed by atoms with Gasteiger partial charge in [0.15, 0.2) is 16.6 Å². The summed E-state index contributed by atoms with van der Waals surface area (Å²) in [7, 11) is -4.07. The molecule has 1 aliphatic rings. The molecule has 2 rings (SSSR count). The molecule has 256 valence electrons. The molecule has 0 aliphatic heterocycles. The molecule has 1 fully saturated rings. The largest absolute Gasteiger partial charge is 0.463 e. The molecular weight excluding hydrogens is 593 g/mol. The van der Waals surface area contributed by atoms with Crippen LogP contribution in [0, 0.1) is 11.8 Å². The minimum absolute atomic E-state index is 0.000788. The van der Waals surface area contributed by atoms with Crippen molar-refractivity contribution < 1.29 is 23.5 Å². The standard InChI is InChI=1S/C38H66O5Si2/c1-29(2)41-36(40)23-19-14-13-18-22-32-33(35(28-34(32)39)43-45(11,12)38(6,7)8)27-26-31(42-44(9,10)37(3,4)5)25-24-30-20-16-15-17-21-30/h13,15-18,20-21,26-27,29,31-35,39H,14,19,22-25,28H2,1-12H3/t31-,32+,33+,34-,35+/m0/s1.